The maximum atomic E-state index is 12.6. The number of hydrogen-bond acceptors (Lipinski definition) is 4. The lowest BCUT2D eigenvalue weighted by Crippen LogP contribution is -2.54. The van der Waals surface area contributed by atoms with Crippen molar-refractivity contribution < 1.29 is 19.1 Å². The highest BCUT2D eigenvalue weighted by molar-refractivity contribution is 6.30. The Kier molecular flexibility index (Phi) is 5.96. The molecule has 7 heteroatoms. The number of nitrogens with one attached hydrogen (secondary N) is 1. The number of carbonyl (C=O) groups is 2. The molecular weight excluding hydrogens is 368 g/mol. The number of alkyl carbamates (subject to hydrolysis) is 1. The van der Waals surface area contributed by atoms with E-state index in [-0.39, 0.29) is 11.9 Å². The fraction of sp³-hybridized carbons (Fsp3) is 0.600. The fourth-order valence-corrected chi connectivity index (χ4v) is 3.47. The van der Waals surface area contributed by atoms with Crippen LogP contribution in [0.1, 0.15) is 45.1 Å². The van der Waals surface area contributed by atoms with Crippen LogP contribution in [0, 0.1) is 0 Å². The van der Waals surface area contributed by atoms with E-state index >= 15 is 0 Å². The van der Waals surface area contributed by atoms with Gasteiger partial charge in [0.05, 0.1) is 12.6 Å². The van der Waals surface area contributed by atoms with E-state index in [9.17, 15) is 9.59 Å². The number of amides is 2. The summed E-state index contributed by atoms with van der Waals surface area (Å²) in [6, 6.07) is 7.66. The van der Waals surface area contributed by atoms with Crippen LogP contribution in [0.5, 0.6) is 0 Å². The first-order chi connectivity index (χ1) is 12.7. The van der Waals surface area contributed by atoms with E-state index in [2.05, 4.69) is 5.32 Å². The second kappa shape index (κ2) is 8.07. The predicted octanol–water partition coefficient (Wildman–Crippen LogP) is 3.34. The Morgan fingerprint density at radius 2 is 1.85 bits per heavy atom. The Hall–Kier alpha value is -1.79. The highest BCUT2D eigenvalue weighted by Crippen LogP contribution is 2.29. The van der Waals surface area contributed by atoms with E-state index < -0.39 is 17.8 Å². The molecule has 2 aliphatic rings. The minimum Gasteiger partial charge on any atom is -0.444 e. The van der Waals surface area contributed by atoms with Crippen molar-refractivity contribution in [1.82, 2.24) is 10.2 Å². The Balaban J connectivity index is 1.40. The molecule has 2 fully saturated rings. The number of hydrogen-bond donors (Lipinski definition) is 1. The highest BCUT2D eigenvalue weighted by Gasteiger charge is 2.37. The van der Waals surface area contributed by atoms with E-state index in [4.69, 9.17) is 21.1 Å². The zero-order valence-corrected chi connectivity index (χ0v) is 16.8. The van der Waals surface area contributed by atoms with Crippen molar-refractivity contribution in [3.63, 3.8) is 0 Å². The van der Waals surface area contributed by atoms with E-state index in [0.29, 0.717) is 38.5 Å². The SMILES string of the molecule is CC(C)(C)OC(=O)N[C@@H]1CC[C@@H](C(=O)N2CC(c3ccc(Cl)cc3)C2)OC1. The van der Waals surface area contributed by atoms with Gasteiger partial charge in [-0.25, -0.2) is 4.79 Å². The normalized spacial score (nSPS) is 23.5. The molecule has 2 atom stereocenters. The number of benzene rings is 1. The van der Waals surface area contributed by atoms with Gasteiger partial charge in [0.1, 0.15) is 11.7 Å². The third-order valence-corrected chi connectivity index (χ3v) is 5.06. The second-order valence-electron chi connectivity index (χ2n) is 8.23. The van der Waals surface area contributed by atoms with Crippen molar-refractivity contribution in [2.45, 2.75) is 57.3 Å². The molecule has 1 aromatic carbocycles. The molecule has 0 spiro atoms. The summed E-state index contributed by atoms with van der Waals surface area (Å²) >= 11 is 5.92. The summed E-state index contributed by atoms with van der Waals surface area (Å²) in [6.07, 6.45) is 0.424. The van der Waals surface area contributed by atoms with Crippen molar-refractivity contribution in [2.24, 2.45) is 0 Å². The highest BCUT2D eigenvalue weighted by atomic mass is 35.5. The monoisotopic (exact) mass is 394 g/mol. The van der Waals surface area contributed by atoms with E-state index in [1.165, 1.54) is 5.56 Å². The van der Waals surface area contributed by atoms with Crippen molar-refractivity contribution in [3.05, 3.63) is 34.9 Å². The molecule has 2 amide bonds. The maximum absolute atomic E-state index is 12.6. The van der Waals surface area contributed by atoms with Crippen LogP contribution >= 0.6 is 11.6 Å². The zero-order valence-electron chi connectivity index (χ0n) is 16.0. The van der Waals surface area contributed by atoms with Crippen LogP contribution in [0.4, 0.5) is 4.79 Å². The average molecular weight is 395 g/mol. The van der Waals surface area contributed by atoms with Crippen LogP contribution in [0.3, 0.4) is 0 Å². The molecule has 0 unspecified atom stereocenters. The summed E-state index contributed by atoms with van der Waals surface area (Å²) in [5, 5.41) is 3.52. The molecule has 0 saturated carbocycles. The molecule has 1 N–H and O–H groups in total. The molecule has 2 saturated heterocycles. The molecule has 0 aromatic heterocycles. The molecule has 0 bridgehead atoms. The number of ether oxygens (including phenoxy) is 2. The third-order valence-electron chi connectivity index (χ3n) is 4.81. The van der Waals surface area contributed by atoms with Crippen molar-refractivity contribution in [1.29, 1.82) is 0 Å². The first-order valence-electron chi connectivity index (χ1n) is 9.36. The molecular formula is C20H27ClN2O4. The molecule has 27 heavy (non-hydrogen) atoms. The Morgan fingerprint density at radius 1 is 1.19 bits per heavy atom. The van der Waals surface area contributed by atoms with Gasteiger partial charge in [-0.1, -0.05) is 23.7 Å². The number of likely N-dealkylation sites (tertiary alicyclic amines) is 1. The standard InChI is InChI=1S/C20H27ClN2O4/c1-20(2,3)27-19(25)22-16-8-9-17(26-12-16)18(24)23-10-14(11-23)13-4-6-15(21)7-5-13/h4-7,14,16-17H,8-12H2,1-3H3,(H,22,25)/t16-,17+/m1/s1. The summed E-state index contributed by atoms with van der Waals surface area (Å²) in [7, 11) is 0. The molecule has 148 valence electrons. The molecule has 6 nitrogen and oxygen atoms in total. The quantitative estimate of drug-likeness (QED) is 0.853. The fourth-order valence-electron chi connectivity index (χ4n) is 3.34. The largest absolute Gasteiger partial charge is 0.444 e. The number of rotatable bonds is 3. The van der Waals surface area contributed by atoms with Gasteiger partial charge >= 0.3 is 6.09 Å². The first-order valence-corrected chi connectivity index (χ1v) is 9.74. The van der Waals surface area contributed by atoms with Gasteiger partial charge in [-0.2, -0.15) is 0 Å². The van der Waals surface area contributed by atoms with E-state index in [0.717, 1.165) is 5.02 Å². The first kappa shape index (κ1) is 20.0. The number of nitrogens with zero attached hydrogens (tertiary/aromatic N) is 1. The number of carbonyl (C=O) groups excluding carboxylic acids is 2. The van der Waals surface area contributed by atoms with Crippen molar-refractivity contribution in [2.75, 3.05) is 19.7 Å². The van der Waals surface area contributed by atoms with Gasteiger partial charge in [0.15, 0.2) is 0 Å². The Morgan fingerprint density at radius 3 is 2.41 bits per heavy atom. The van der Waals surface area contributed by atoms with Gasteiger partial charge in [-0.15, -0.1) is 0 Å². The second-order valence-corrected chi connectivity index (χ2v) is 8.67. The van der Waals surface area contributed by atoms with Gasteiger partial charge < -0.3 is 19.7 Å². The van der Waals surface area contributed by atoms with Crippen LogP contribution in [-0.2, 0) is 14.3 Å². The third kappa shape index (κ3) is 5.36. The van der Waals surface area contributed by atoms with Gasteiger partial charge in [-0.3, -0.25) is 4.79 Å². The zero-order chi connectivity index (χ0) is 19.6. The molecule has 2 aliphatic heterocycles. The molecule has 2 heterocycles. The summed E-state index contributed by atoms with van der Waals surface area (Å²) in [5.74, 6) is 0.396. The summed E-state index contributed by atoms with van der Waals surface area (Å²) in [4.78, 5) is 26.3. The van der Waals surface area contributed by atoms with Gasteiger partial charge in [-0.05, 0) is 51.3 Å². The summed E-state index contributed by atoms with van der Waals surface area (Å²) in [5.41, 5.74) is 0.672. The van der Waals surface area contributed by atoms with Crippen molar-refractivity contribution >= 4 is 23.6 Å². The topological polar surface area (TPSA) is 67.9 Å². The molecule has 0 radical (unpaired) electrons. The lowest BCUT2D eigenvalue weighted by molar-refractivity contribution is -0.152. The Labute approximate surface area is 165 Å². The van der Waals surface area contributed by atoms with E-state index in [1.807, 2.05) is 49.9 Å². The van der Waals surface area contributed by atoms with Crippen LogP contribution in [0.2, 0.25) is 5.02 Å². The average Bonchev–Trinajstić information content (AvgIpc) is 2.54. The van der Waals surface area contributed by atoms with Crippen LogP contribution in [0.15, 0.2) is 24.3 Å². The lowest BCUT2D eigenvalue weighted by atomic mass is 9.90. The van der Waals surface area contributed by atoms with Crippen LogP contribution < -0.4 is 5.32 Å². The van der Waals surface area contributed by atoms with Crippen LogP contribution in [0.25, 0.3) is 0 Å². The lowest BCUT2D eigenvalue weighted by Gasteiger charge is -2.42. The van der Waals surface area contributed by atoms with Crippen molar-refractivity contribution in [3.8, 4) is 0 Å². The summed E-state index contributed by atoms with van der Waals surface area (Å²) < 4.78 is 11.0. The van der Waals surface area contributed by atoms with Gasteiger partial charge in [0.2, 0.25) is 0 Å². The molecule has 0 aliphatic carbocycles. The Bertz CT molecular complexity index is 672. The summed E-state index contributed by atoms with van der Waals surface area (Å²) in [6.45, 7) is 7.21. The van der Waals surface area contributed by atoms with Gasteiger partial charge in [0, 0.05) is 24.0 Å². The smallest absolute Gasteiger partial charge is 0.407 e. The number of halogens is 1. The maximum Gasteiger partial charge on any atom is 0.407 e. The predicted molar refractivity (Wildman–Crippen MR) is 103 cm³/mol. The molecule has 1 aromatic rings. The van der Waals surface area contributed by atoms with E-state index in [1.54, 1.807) is 0 Å². The van der Waals surface area contributed by atoms with Gasteiger partial charge in [0.25, 0.3) is 5.91 Å². The minimum atomic E-state index is -0.532. The molecule has 3 rings (SSSR count). The minimum absolute atomic E-state index is 0.0379. The van der Waals surface area contributed by atoms with Crippen LogP contribution in [-0.4, -0.2) is 54.3 Å².